The van der Waals surface area contributed by atoms with Crippen LogP contribution in [0.5, 0.6) is 17.2 Å². The molecule has 5 rings (SSSR count). The van der Waals surface area contributed by atoms with E-state index >= 15 is 0 Å². The second-order valence-electron chi connectivity index (χ2n) is 8.64. The van der Waals surface area contributed by atoms with Gasteiger partial charge in [0.15, 0.2) is 16.3 Å². The number of carbonyl (C=O) groups is 1. The molecule has 38 heavy (non-hydrogen) atoms. The maximum Gasteiger partial charge on any atom is 0.338 e. The molecule has 1 atom stereocenters. The van der Waals surface area contributed by atoms with Gasteiger partial charge in [0.05, 0.1) is 42.7 Å². The van der Waals surface area contributed by atoms with E-state index in [-0.39, 0.29) is 17.9 Å². The standard InChI is InChI=1S/C29H26N2O6S/c1-5-37-28(34)25-16(2)30-29-31(26(25)20-11-13-22(35-3)19-9-7-6-8-18(19)20)27(33)24(38-29)15-17-10-12-21(32)23(14-17)36-4/h6-15,26,32H,5H2,1-4H3/b24-15-/t26-/m0/s1. The molecular weight excluding hydrogens is 504 g/mol. The van der Waals surface area contributed by atoms with Crippen LogP contribution in [0.1, 0.15) is 31.0 Å². The number of hydrogen-bond acceptors (Lipinski definition) is 8. The molecule has 194 valence electrons. The molecule has 1 aliphatic rings. The maximum absolute atomic E-state index is 13.9. The zero-order valence-electron chi connectivity index (χ0n) is 21.3. The lowest BCUT2D eigenvalue weighted by Crippen LogP contribution is -2.40. The molecule has 0 amide bonds. The van der Waals surface area contributed by atoms with Crippen LogP contribution in [0.3, 0.4) is 0 Å². The van der Waals surface area contributed by atoms with E-state index in [1.54, 1.807) is 43.7 Å². The van der Waals surface area contributed by atoms with Crippen LogP contribution in [0, 0.1) is 0 Å². The quantitative estimate of drug-likeness (QED) is 0.382. The molecule has 8 nitrogen and oxygen atoms in total. The van der Waals surface area contributed by atoms with Gasteiger partial charge in [0.1, 0.15) is 5.75 Å². The predicted octanol–water partition coefficient (Wildman–Crippen LogP) is 3.67. The third-order valence-corrected chi connectivity index (χ3v) is 7.43. The van der Waals surface area contributed by atoms with Gasteiger partial charge in [-0.1, -0.05) is 47.7 Å². The van der Waals surface area contributed by atoms with Crippen LogP contribution < -0.4 is 24.4 Å². The lowest BCUT2D eigenvalue weighted by Gasteiger charge is -2.26. The van der Waals surface area contributed by atoms with E-state index in [0.29, 0.717) is 37.7 Å². The van der Waals surface area contributed by atoms with Crippen molar-refractivity contribution in [1.29, 1.82) is 0 Å². The highest BCUT2D eigenvalue weighted by Gasteiger charge is 2.34. The van der Waals surface area contributed by atoms with E-state index in [1.165, 1.54) is 24.5 Å². The first-order chi connectivity index (χ1) is 18.4. The number of ether oxygens (including phenoxy) is 3. The summed E-state index contributed by atoms with van der Waals surface area (Å²) in [6.07, 6.45) is 1.72. The Morgan fingerprint density at radius 3 is 2.53 bits per heavy atom. The van der Waals surface area contributed by atoms with Gasteiger partial charge >= 0.3 is 5.97 Å². The number of benzene rings is 3. The Bertz CT molecular complexity index is 1780. The Labute approximate surface area is 222 Å². The van der Waals surface area contributed by atoms with Crippen LogP contribution in [-0.4, -0.2) is 36.5 Å². The van der Waals surface area contributed by atoms with Crippen molar-refractivity contribution in [1.82, 2.24) is 4.57 Å². The average Bonchev–Trinajstić information content (AvgIpc) is 3.22. The maximum atomic E-state index is 13.9. The SMILES string of the molecule is CCOC(=O)C1=C(C)N=c2s/c(=C\c3ccc(O)c(OC)c3)c(=O)n2[C@H]1c1ccc(OC)c2ccccc12. The van der Waals surface area contributed by atoms with Gasteiger partial charge in [-0.2, -0.15) is 0 Å². The minimum Gasteiger partial charge on any atom is -0.504 e. The first kappa shape index (κ1) is 25.3. The highest BCUT2D eigenvalue weighted by atomic mass is 32.1. The van der Waals surface area contributed by atoms with Gasteiger partial charge in [-0.25, -0.2) is 9.79 Å². The molecule has 0 bridgehead atoms. The Kier molecular flexibility index (Phi) is 6.77. The molecule has 0 saturated carbocycles. The smallest absolute Gasteiger partial charge is 0.338 e. The number of hydrogen-bond donors (Lipinski definition) is 1. The van der Waals surface area contributed by atoms with Gasteiger partial charge in [-0.15, -0.1) is 0 Å². The number of thiazole rings is 1. The Morgan fingerprint density at radius 1 is 1.08 bits per heavy atom. The van der Waals surface area contributed by atoms with Crippen LogP contribution >= 0.6 is 11.3 Å². The number of rotatable bonds is 6. The first-order valence-electron chi connectivity index (χ1n) is 12.0. The van der Waals surface area contributed by atoms with Crippen LogP contribution in [0.25, 0.3) is 16.8 Å². The van der Waals surface area contributed by atoms with E-state index in [9.17, 15) is 14.7 Å². The number of aromatic nitrogens is 1. The van der Waals surface area contributed by atoms with Crippen molar-refractivity contribution in [3.8, 4) is 17.2 Å². The van der Waals surface area contributed by atoms with E-state index in [1.807, 2.05) is 36.4 Å². The normalized spacial score (nSPS) is 15.3. The molecule has 0 spiro atoms. The largest absolute Gasteiger partial charge is 0.504 e. The molecule has 4 aromatic rings. The molecule has 0 saturated heterocycles. The minimum absolute atomic E-state index is 0.00666. The fourth-order valence-electron chi connectivity index (χ4n) is 4.73. The monoisotopic (exact) mass is 530 g/mol. The topological polar surface area (TPSA) is 99.4 Å². The summed E-state index contributed by atoms with van der Waals surface area (Å²) in [6.45, 7) is 3.69. The third kappa shape index (κ3) is 4.24. The lowest BCUT2D eigenvalue weighted by atomic mass is 9.91. The molecular formula is C29H26N2O6S. The van der Waals surface area contributed by atoms with Crippen LogP contribution in [-0.2, 0) is 9.53 Å². The predicted molar refractivity (Wildman–Crippen MR) is 146 cm³/mol. The summed E-state index contributed by atoms with van der Waals surface area (Å²) < 4.78 is 18.2. The average molecular weight is 531 g/mol. The number of nitrogens with zero attached hydrogens (tertiary/aromatic N) is 2. The Balaban J connectivity index is 1.80. The van der Waals surface area contributed by atoms with Gasteiger partial charge in [0, 0.05) is 5.39 Å². The van der Waals surface area contributed by atoms with Gasteiger partial charge in [0.2, 0.25) is 0 Å². The molecule has 0 unspecified atom stereocenters. The van der Waals surface area contributed by atoms with Crippen molar-refractivity contribution >= 4 is 34.2 Å². The molecule has 0 aliphatic carbocycles. The number of allylic oxidation sites excluding steroid dienone is 1. The summed E-state index contributed by atoms with van der Waals surface area (Å²) in [6, 6.07) is 15.5. The number of aromatic hydroxyl groups is 1. The highest BCUT2D eigenvalue weighted by molar-refractivity contribution is 7.07. The zero-order valence-corrected chi connectivity index (χ0v) is 22.2. The molecule has 2 heterocycles. The molecule has 0 fully saturated rings. The third-order valence-electron chi connectivity index (χ3n) is 6.45. The molecule has 9 heteroatoms. The van der Waals surface area contributed by atoms with Crippen LogP contribution in [0.15, 0.2) is 75.7 Å². The minimum atomic E-state index is -0.752. The summed E-state index contributed by atoms with van der Waals surface area (Å²) in [5.41, 5.74) is 1.95. The van der Waals surface area contributed by atoms with Crippen molar-refractivity contribution in [3.63, 3.8) is 0 Å². The number of esters is 1. The highest BCUT2D eigenvalue weighted by Crippen LogP contribution is 2.38. The lowest BCUT2D eigenvalue weighted by molar-refractivity contribution is -0.139. The fourth-order valence-corrected chi connectivity index (χ4v) is 5.78. The molecule has 1 aliphatic heterocycles. The van der Waals surface area contributed by atoms with Crippen molar-refractivity contribution in [3.05, 3.63) is 96.7 Å². The Hall–Kier alpha value is -4.37. The van der Waals surface area contributed by atoms with Crippen molar-refractivity contribution in [2.75, 3.05) is 20.8 Å². The number of carbonyl (C=O) groups excluding carboxylic acids is 1. The van der Waals surface area contributed by atoms with Gasteiger partial charge in [-0.3, -0.25) is 9.36 Å². The molecule has 1 aromatic heterocycles. The van der Waals surface area contributed by atoms with E-state index in [0.717, 1.165) is 16.3 Å². The second kappa shape index (κ2) is 10.2. The molecule has 3 aromatic carbocycles. The fraction of sp³-hybridized carbons (Fsp3) is 0.207. The number of methoxy groups -OCH3 is 2. The van der Waals surface area contributed by atoms with Crippen molar-refractivity contribution in [2.24, 2.45) is 4.99 Å². The summed E-state index contributed by atoms with van der Waals surface area (Å²) in [4.78, 5) is 32.3. The summed E-state index contributed by atoms with van der Waals surface area (Å²) in [5.74, 6) is 0.481. The van der Waals surface area contributed by atoms with E-state index in [2.05, 4.69) is 4.99 Å². The number of fused-ring (bicyclic) bond motifs is 2. The number of phenols is 1. The van der Waals surface area contributed by atoms with Crippen LogP contribution in [0.4, 0.5) is 0 Å². The summed E-state index contributed by atoms with van der Waals surface area (Å²) in [5, 5.41) is 11.7. The van der Waals surface area contributed by atoms with Crippen molar-refractivity contribution in [2.45, 2.75) is 19.9 Å². The zero-order chi connectivity index (χ0) is 27.0. The molecule has 0 radical (unpaired) electrons. The number of phenolic OH excluding ortho intramolecular Hbond substituents is 1. The van der Waals surface area contributed by atoms with Gasteiger partial charge < -0.3 is 19.3 Å². The van der Waals surface area contributed by atoms with Gasteiger partial charge in [0.25, 0.3) is 5.56 Å². The van der Waals surface area contributed by atoms with E-state index < -0.39 is 12.0 Å². The summed E-state index contributed by atoms with van der Waals surface area (Å²) >= 11 is 1.23. The molecule has 1 N–H and O–H groups in total. The Morgan fingerprint density at radius 2 is 1.82 bits per heavy atom. The first-order valence-corrected chi connectivity index (χ1v) is 12.8. The van der Waals surface area contributed by atoms with Gasteiger partial charge in [-0.05, 0) is 54.6 Å². The van der Waals surface area contributed by atoms with Crippen molar-refractivity contribution < 1.29 is 24.1 Å². The second-order valence-corrected chi connectivity index (χ2v) is 9.65. The van der Waals surface area contributed by atoms with Crippen LogP contribution in [0.2, 0.25) is 0 Å². The van der Waals surface area contributed by atoms with E-state index in [4.69, 9.17) is 14.2 Å². The summed E-state index contributed by atoms with van der Waals surface area (Å²) in [7, 11) is 3.07.